The fourth-order valence-corrected chi connectivity index (χ4v) is 1.53. The highest BCUT2D eigenvalue weighted by atomic mass is 16.6. The van der Waals surface area contributed by atoms with E-state index in [9.17, 15) is 14.9 Å². The van der Waals surface area contributed by atoms with Crippen molar-refractivity contribution in [3.8, 4) is 11.6 Å². The van der Waals surface area contributed by atoms with Gasteiger partial charge in [0.25, 0.3) is 0 Å². The minimum absolute atomic E-state index is 0.0168. The van der Waals surface area contributed by atoms with Crippen molar-refractivity contribution in [3.63, 3.8) is 0 Å². The molecule has 0 saturated carbocycles. The molecule has 7 nitrogen and oxygen atoms in total. The summed E-state index contributed by atoms with van der Waals surface area (Å²) in [6, 6.07) is 8.05. The van der Waals surface area contributed by atoms with Gasteiger partial charge in [0.15, 0.2) is 0 Å². The Morgan fingerprint density at radius 3 is 2.55 bits per heavy atom. The maximum absolute atomic E-state index is 11.0. The Bertz CT molecular complexity index is 667. The molecule has 0 aliphatic carbocycles. The lowest BCUT2D eigenvalue weighted by molar-refractivity contribution is -0.385. The third kappa shape index (κ3) is 2.89. The minimum Gasteiger partial charge on any atom is -0.477 e. The van der Waals surface area contributed by atoms with Gasteiger partial charge in [-0.1, -0.05) is 17.7 Å². The summed E-state index contributed by atoms with van der Waals surface area (Å²) >= 11 is 0. The van der Waals surface area contributed by atoms with Crippen LogP contribution in [0.3, 0.4) is 0 Å². The van der Waals surface area contributed by atoms with E-state index in [4.69, 9.17) is 9.84 Å². The Morgan fingerprint density at radius 2 is 2.00 bits per heavy atom. The summed E-state index contributed by atoms with van der Waals surface area (Å²) in [7, 11) is 0. The topological polar surface area (TPSA) is 103 Å². The molecule has 7 heteroatoms. The number of ether oxygens (including phenoxy) is 1. The zero-order chi connectivity index (χ0) is 14.7. The van der Waals surface area contributed by atoms with Crippen LogP contribution in [0.15, 0.2) is 36.5 Å². The summed E-state index contributed by atoms with van der Waals surface area (Å²) in [5.41, 5.74) is 0.00102. The van der Waals surface area contributed by atoms with Crippen LogP contribution in [0.2, 0.25) is 0 Å². The predicted molar refractivity (Wildman–Crippen MR) is 69.1 cm³/mol. The summed E-state index contributed by atoms with van der Waals surface area (Å²) in [5, 5.41) is 19.6. The molecule has 1 aromatic carbocycles. The van der Waals surface area contributed by atoms with Gasteiger partial charge in [-0.15, -0.1) is 0 Å². The molecular weight excluding hydrogens is 264 g/mol. The highest BCUT2D eigenvalue weighted by Gasteiger charge is 2.21. The van der Waals surface area contributed by atoms with Gasteiger partial charge in [-0.2, -0.15) is 0 Å². The van der Waals surface area contributed by atoms with Crippen LogP contribution in [0.1, 0.15) is 15.9 Å². The van der Waals surface area contributed by atoms with E-state index in [2.05, 4.69) is 4.98 Å². The van der Waals surface area contributed by atoms with Crippen molar-refractivity contribution < 1.29 is 19.6 Å². The number of hydrogen-bond donors (Lipinski definition) is 1. The van der Waals surface area contributed by atoms with E-state index in [1.54, 1.807) is 12.1 Å². The molecule has 2 rings (SSSR count). The first-order chi connectivity index (χ1) is 9.47. The number of carboxylic acid groups (broad SMARTS) is 1. The van der Waals surface area contributed by atoms with Gasteiger partial charge in [-0.25, -0.2) is 9.78 Å². The van der Waals surface area contributed by atoms with Crippen LogP contribution in [0.4, 0.5) is 5.69 Å². The van der Waals surface area contributed by atoms with Gasteiger partial charge in [0.1, 0.15) is 17.5 Å². The number of aromatic carboxylic acids is 1. The molecule has 20 heavy (non-hydrogen) atoms. The molecule has 1 heterocycles. The van der Waals surface area contributed by atoms with Gasteiger partial charge in [0.2, 0.25) is 5.88 Å². The van der Waals surface area contributed by atoms with Crippen LogP contribution in [0.25, 0.3) is 0 Å². The van der Waals surface area contributed by atoms with Gasteiger partial charge in [0.05, 0.1) is 4.92 Å². The molecule has 102 valence electrons. The fourth-order valence-electron chi connectivity index (χ4n) is 1.53. The van der Waals surface area contributed by atoms with Crippen molar-refractivity contribution >= 4 is 11.7 Å². The van der Waals surface area contributed by atoms with E-state index < -0.39 is 22.1 Å². The first-order valence-electron chi connectivity index (χ1n) is 5.59. The van der Waals surface area contributed by atoms with E-state index in [-0.39, 0.29) is 5.88 Å². The van der Waals surface area contributed by atoms with Crippen LogP contribution >= 0.6 is 0 Å². The Hall–Kier alpha value is -2.96. The van der Waals surface area contributed by atoms with E-state index in [0.717, 1.165) is 17.8 Å². The number of nitrogens with zero attached hydrogens (tertiary/aromatic N) is 2. The molecule has 0 saturated heterocycles. The number of aromatic nitrogens is 1. The van der Waals surface area contributed by atoms with Crippen molar-refractivity contribution in [2.24, 2.45) is 0 Å². The number of hydrogen-bond acceptors (Lipinski definition) is 5. The number of rotatable bonds is 4. The van der Waals surface area contributed by atoms with Gasteiger partial charge in [0, 0.05) is 6.07 Å². The summed E-state index contributed by atoms with van der Waals surface area (Å²) in [4.78, 5) is 24.6. The van der Waals surface area contributed by atoms with Crippen LogP contribution in [-0.4, -0.2) is 21.0 Å². The number of carbonyl (C=O) groups is 1. The van der Waals surface area contributed by atoms with Gasteiger partial charge >= 0.3 is 11.7 Å². The molecule has 0 bridgehead atoms. The average molecular weight is 274 g/mol. The number of benzene rings is 1. The SMILES string of the molecule is Cc1ccc(Oc2cc(C(=O)O)c([N+](=O)[O-])cn2)cc1. The second-order valence-corrected chi connectivity index (χ2v) is 4.02. The molecule has 0 atom stereocenters. The number of nitro groups is 1. The Morgan fingerprint density at radius 1 is 1.35 bits per heavy atom. The lowest BCUT2D eigenvalue weighted by atomic mass is 10.2. The Balaban J connectivity index is 2.34. The maximum atomic E-state index is 11.0. The third-order valence-corrected chi connectivity index (χ3v) is 2.53. The summed E-state index contributed by atoms with van der Waals surface area (Å²) in [6.07, 6.45) is 0.868. The molecule has 0 aliphatic rings. The third-order valence-electron chi connectivity index (χ3n) is 2.53. The number of carboxylic acids is 1. The monoisotopic (exact) mass is 274 g/mol. The molecule has 1 aromatic heterocycles. The van der Waals surface area contributed by atoms with E-state index >= 15 is 0 Å². The van der Waals surface area contributed by atoms with Crippen LogP contribution < -0.4 is 4.74 Å². The molecule has 0 amide bonds. The predicted octanol–water partition coefficient (Wildman–Crippen LogP) is 2.79. The molecule has 0 radical (unpaired) electrons. The first-order valence-corrected chi connectivity index (χ1v) is 5.59. The average Bonchev–Trinajstić information content (AvgIpc) is 2.41. The normalized spacial score (nSPS) is 10.1. The lowest BCUT2D eigenvalue weighted by Gasteiger charge is -2.05. The second-order valence-electron chi connectivity index (χ2n) is 4.02. The fraction of sp³-hybridized carbons (Fsp3) is 0.0769. The molecular formula is C13H10N2O5. The number of aryl methyl sites for hydroxylation is 1. The van der Waals surface area contributed by atoms with Crippen molar-refractivity contribution in [2.45, 2.75) is 6.92 Å². The Labute approximate surface area is 113 Å². The number of pyridine rings is 1. The molecule has 2 aromatic rings. The largest absolute Gasteiger partial charge is 0.477 e. The minimum atomic E-state index is -1.41. The van der Waals surface area contributed by atoms with Crippen molar-refractivity contribution in [3.05, 3.63) is 57.8 Å². The summed E-state index contributed by atoms with van der Waals surface area (Å²) < 4.78 is 5.36. The highest BCUT2D eigenvalue weighted by Crippen LogP contribution is 2.25. The lowest BCUT2D eigenvalue weighted by Crippen LogP contribution is -2.04. The molecule has 1 N–H and O–H groups in total. The van der Waals surface area contributed by atoms with E-state index in [0.29, 0.717) is 5.75 Å². The molecule has 0 fully saturated rings. The maximum Gasteiger partial charge on any atom is 0.342 e. The second kappa shape index (κ2) is 5.35. The first kappa shape index (κ1) is 13.5. The van der Waals surface area contributed by atoms with Gasteiger partial charge in [-0.05, 0) is 19.1 Å². The highest BCUT2D eigenvalue weighted by molar-refractivity contribution is 5.92. The quantitative estimate of drug-likeness (QED) is 0.679. The standard InChI is InChI=1S/C13H10N2O5/c1-8-2-4-9(5-3-8)20-12-6-10(13(16)17)11(7-14-12)15(18)19/h2-7H,1H3,(H,16,17). The smallest absolute Gasteiger partial charge is 0.342 e. The van der Waals surface area contributed by atoms with Crippen molar-refractivity contribution in [1.82, 2.24) is 4.98 Å². The zero-order valence-corrected chi connectivity index (χ0v) is 10.4. The van der Waals surface area contributed by atoms with Gasteiger partial charge in [-0.3, -0.25) is 10.1 Å². The van der Waals surface area contributed by atoms with Crippen LogP contribution in [-0.2, 0) is 0 Å². The van der Waals surface area contributed by atoms with E-state index in [1.807, 2.05) is 19.1 Å². The van der Waals surface area contributed by atoms with Gasteiger partial charge < -0.3 is 9.84 Å². The Kier molecular flexibility index (Phi) is 3.60. The summed E-state index contributed by atoms with van der Waals surface area (Å²) in [6.45, 7) is 1.91. The van der Waals surface area contributed by atoms with Crippen molar-refractivity contribution in [2.75, 3.05) is 0 Å². The molecule has 0 aliphatic heterocycles. The van der Waals surface area contributed by atoms with Crippen LogP contribution in [0, 0.1) is 17.0 Å². The van der Waals surface area contributed by atoms with E-state index in [1.165, 1.54) is 0 Å². The summed E-state index contributed by atoms with van der Waals surface area (Å²) in [5.74, 6) is -0.960. The molecule has 0 spiro atoms. The van der Waals surface area contributed by atoms with Crippen LogP contribution in [0.5, 0.6) is 11.6 Å². The zero-order valence-electron chi connectivity index (χ0n) is 10.4. The van der Waals surface area contributed by atoms with Crippen molar-refractivity contribution in [1.29, 1.82) is 0 Å². The molecule has 0 unspecified atom stereocenters.